The molecule has 5 rings (SSSR count). The van der Waals surface area contributed by atoms with Gasteiger partial charge in [0, 0.05) is 37.3 Å². The summed E-state index contributed by atoms with van der Waals surface area (Å²) in [4.78, 5) is 22.0. The van der Waals surface area contributed by atoms with Crippen LogP contribution in [0.3, 0.4) is 0 Å². The van der Waals surface area contributed by atoms with E-state index in [4.69, 9.17) is 15.7 Å². The third-order valence-corrected chi connectivity index (χ3v) is 6.71. The Bertz CT molecular complexity index is 1620. The van der Waals surface area contributed by atoms with Crippen LogP contribution in [0.5, 0.6) is 11.5 Å². The van der Waals surface area contributed by atoms with Crippen LogP contribution in [-0.2, 0) is 11.8 Å². The standard InChI is InChI=1S/C18H14FN5O.C13H21N3O/c1-24-18-15(17(20)21-10-22-18)16(23-24)13-8-7-12(9-14(13)19)25-11-5-3-2-4-6-11;1-4-15-13(2,3)9-11(10-14)12(17)16-7-5-6-8-16/h2-10H,1H3,(H2,20,21,22);9,15H,4-8H2,1-3H3/b;11-9+. The van der Waals surface area contributed by atoms with Gasteiger partial charge in [-0.05, 0) is 63.6 Å². The van der Waals surface area contributed by atoms with E-state index in [1.54, 1.807) is 47.0 Å². The van der Waals surface area contributed by atoms with Crippen LogP contribution in [0.25, 0.3) is 22.3 Å². The monoisotopic (exact) mass is 570 g/mol. The highest BCUT2D eigenvalue weighted by Gasteiger charge is 2.24. The normalized spacial score (nSPS) is 13.4. The molecule has 3 N–H and O–H groups in total. The molecule has 10 nitrogen and oxygen atoms in total. The molecule has 0 bridgehead atoms. The second-order valence-electron chi connectivity index (χ2n) is 10.4. The maximum Gasteiger partial charge on any atom is 0.264 e. The summed E-state index contributed by atoms with van der Waals surface area (Å²) in [5.74, 6) is 0.706. The molecular weight excluding hydrogens is 535 g/mol. The number of likely N-dealkylation sites (tertiary alicyclic amines) is 1. The van der Waals surface area contributed by atoms with Crippen LogP contribution in [0.1, 0.15) is 33.6 Å². The third-order valence-electron chi connectivity index (χ3n) is 6.71. The van der Waals surface area contributed by atoms with Crippen molar-refractivity contribution in [3.05, 3.63) is 72.3 Å². The number of likely N-dealkylation sites (N-methyl/N-ethyl adjacent to an activating group) is 1. The summed E-state index contributed by atoms with van der Waals surface area (Å²) in [7, 11) is 1.73. The summed E-state index contributed by atoms with van der Waals surface area (Å²) in [5.41, 5.74) is 7.12. The Kier molecular flexibility index (Phi) is 9.49. The van der Waals surface area contributed by atoms with E-state index in [0.717, 1.165) is 32.5 Å². The minimum absolute atomic E-state index is 0.129. The maximum atomic E-state index is 14.7. The van der Waals surface area contributed by atoms with Gasteiger partial charge in [0.25, 0.3) is 5.91 Å². The molecule has 0 spiro atoms. The fourth-order valence-electron chi connectivity index (χ4n) is 4.77. The molecule has 0 saturated carbocycles. The van der Waals surface area contributed by atoms with Crippen molar-refractivity contribution in [1.29, 1.82) is 5.26 Å². The summed E-state index contributed by atoms with van der Waals surface area (Å²) in [6.07, 6.45) is 5.18. The molecule has 0 radical (unpaired) electrons. The molecule has 218 valence electrons. The highest BCUT2D eigenvalue weighted by Crippen LogP contribution is 2.33. The Morgan fingerprint density at radius 2 is 1.88 bits per heavy atom. The van der Waals surface area contributed by atoms with Gasteiger partial charge < -0.3 is 20.7 Å². The number of fused-ring (bicyclic) bond motifs is 1. The van der Waals surface area contributed by atoms with Gasteiger partial charge in [0.2, 0.25) is 0 Å². The van der Waals surface area contributed by atoms with Crippen LogP contribution in [0, 0.1) is 17.1 Å². The Hall–Kier alpha value is -4.82. The number of hydrogen-bond acceptors (Lipinski definition) is 8. The number of nitriles is 1. The lowest BCUT2D eigenvalue weighted by Crippen LogP contribution is -2.38. The first kappa shape index (κ1) is 30.1. The summed E-state index contributed by atoms with van der Waals surface area (Å²) in [6.45, 7) is 8.29. The number of anilines is 1. The predicted molar refractivity (Wildman–Crippen MR) is 160 cm³/mol. The average Bonchev–Trinajstić information content (AvgIpc) is 3.62. The highest BCUT2D eigenvalue weighted by molar-refractivity contribution is 5.98. The van der Waals surface area contributed by atoms with Crippen LogP contribution >= 0.6 is 0 Å². The Morgan fingerprint density at radius 3 is 2.52 bits per heavy atom. The van der Waals surface area contributed by atoms with E-state index in [0.29, 0.717) is 33.8 Å². The van der Waals surface area contributed by atoms with E-state index in [-0.39, 0.29) is 22.8 Å². The topological polar surface area (TPSA) is 135 Å². The van der Waals surface area contributed by atoms with Crippen molar-refractivity contribution < 1.29 is 13.9 Å². The fraction of sp³-hybridized carbons (Fsp3) is 0.323. The summed E-state index contributed by atoms with van der Waals surface area (Å²) < 4.78 is 21.9. The van der Waals surface area contributed by atoms with Gasteiger partial charge in [0.05, 0.1) is 5.39 Å². The first-order valence-corrected chi connectivity index (χ1v) is 13.8. The van der Waals surface area contributed by atoms with Gasteiger partial charge in [-0.15, -0.1) is 0 Å². The molecule has 1 saturated heterocycles. The van der Waals surface area contributed by atoms with Gasteiger partial charge in [-0.3, -0.25) is 4.79 Å². The number of hydrogen-bond donors (Lipinski definition) is 2. The van der Waals surface area contributed by atoms with Crippen molar-refractivity contribution in [3.63, 3.8) is 0 Å². The third kappa shape index (κ3) is 7.08. The van der Waals surface area contributed by atoms with Crippen molar-refractivity contribution in [1.82, 2.24) is 30.0 Å². The molecule has 1 amide bonds. The van der Waals surface area contributed by atoms with Crippen LogP contribution in [-0.4, -0.2) is 55.7 Å². The SMILES string of the molecule is CCNC(C)(C)/C=C(\C#N)C(=O)N1CCCC1.Cn1nc(-c2ccc(Oc3ccccc3)cc2F)c2c(N)ncnc21. The number of nitrogens with one attached hydrogen (secondary N) is 1. The molecule has 11 heteroatoms. The lowest BCUT2D eigenvalue weighted by Gasteiger charge is -2.23. The molecule has 1 fully saturated rings. The number of aryl methyl sites for hydroxylation is 1. The van der Waals surface area contributed by atoms with Crippen LogP contribution in [0.2, 0.25) is 0 Å². The van der Waals surface area contributed by atoms with E-state index in [1.165, 1.54) is 12.4 Å². The number of amides is 1. The fourth-order valence-corrected chi connectivity index (χ4v) is 4.77. The number of carbonyl (C=O) groups excluding carboxylic acids is 1. The smallest absolute Gasteiger partial charge is 0.264 e. The minimum Gasteiger partial charge on any atom is -0.457 e. The number of nitrogens with two attached hydrogens (primary N) is 1. The van der Waals surface area contributed by atoms with E-state index in [1.807, 2.05) is 45.0 Å². The number of rotatable bonds is 7. The number of nitrogens with zero attached hydrogens (tertiary/aromatic N) is 6. The maximum absolute atomic E-state index is 14.7. The number of nitrogen functional groups attached to an aromatic ring is 1. The molecule has 3 heterocycles. The quantitative estimate of drug-likeness (QED) is 0.234. The summed E-state index contributed by atoms with van der Waals surface area (Å²) in [5, 5.41) is 17.2. The van der Waals surface area contributed by atoms with Crippen LogP contribution < -0.4 is 15.8 Å². The second kappa shape index (κ2) is 13.2. The van der Waals surface area contributed by atoms with Crippen molar-refractivity contribution >= 4 is 22.8 Å². The molecule has 2 aromatic heterocycles. The largest absolute Gasteiger partial charge is 0.457 e. The minimum atomic E-state index is -0.461. The molecule has 4 aromatic rings. The average molecular weight is 571 g/mol. The van der Waals surface area contributed by atoms with Crippen molar-refractivity contribution in [2.24, 2.45) is 7.05 Å². The zero-order valence-corrected chi connectivity index (χ0v) is 24.3. The highest BCUT2D eigenvalue weighted by atomic mass is 19.1. The van der Waals surface area contributed by atoms with Gasteiger partial charge in [-0.1, -0.05) is 25.1 Å². The van der Waals surface area contributed by atoms with Gasteiger partial charge in [0.15, 0.2) is 5.65 Å². The lowest BCUT2D eigenvalue weighted by molar-refractivity contribution is -0.125. The van der Waals surface area contributed by atoms with Gasteiger partial charge >= 0.3 is 0 Å². The molecule has 1 aliphatic heterocycles. The number of para-hydroxylation sites is 1. The molecule has 42 heavy (non-hydrogen) atoms. The first-order valence-electron chi connectivity index (χ1n) is 13.8. The Balaban J connectivity index is 0.000000209. The van der Waals surface area contributed by atoms with E-state index in [9.17, 15) is 9.18 Å². The molecule has 0 unspecified atom stereocenters. The first-order chi connectivity index (χ1) is 20.1. The van der Waals surface area contributed by atoms with E-state index in [2.05, 4.69) is 20.4 Å². The zero-order valence-electron chi connectivity index (χ0n) is 24.3. The van der Waals surface area contributed by atoms with Gasteiger partial charge in [0.1, 0.15) is 46.8 Å². The van der Waals surface area contributed by atoms with Gasteiger partial charge in [-0.25, -0.2) is 19.0 Å². The molecular formula is C31H35FN8O2. The predicted octanol–water partition coefficient (Wildman–Crippen LogP) is 4.99. The van der Waals surface area contributed by atoms with E-state index >= 15 is 0 Å². The number of halogens is 1. The van der Waals surface area contributed by atoms with Crippen molar-refractivity contribution in [2.45, 2.75) is 39.2 Å². The number of benzene rings is 2. The summed E-state index contributed by atoms with van der Waals surface area (Å²) in [6, 6.07) is 15.8. The number of aromatic nitrogens is 4. The van der Waals surface area contributed by atoms with Crippen molar-refractivity contribution in [3.8, 4) is 28.8 Å². The summed E-state index contributed by atoms with van der Waals surface area (Å²) >= 11 is 0. The molecule has 1 aliphatic rings. The lowest BCUT2D eigenvalue weighted by atomic mass is 10.0. The number of carbonyl (C=O) groups is 1. The van der Waals surface area contributed by atoms with Gasteiger partial charge in [-0.2, -0.15) is 10.4 Å². The van der Waals surface area contributed by atoms with Crippen LogP contribution in [0.15, 0.2) is 66.5 Å². The second-order valence-corrected chi connectivity index (χ2v) is 10.4. The van der Waals surface area contributed by atoms with Crippen LogP contribution in [0.4, 0.5) is 10.2 Å². The molecule has 2 aromatic carbocycles. The van der Waals surface area contributed by atoms with Crippen molar-refractivity contribution in [2.75, 3.05) is 25.4 Å². The number of ether oxygens (including phenoxy) is 1. The molecule has 0 aliphatic carbocycles. The zero-order chi connectivity index (χ0) is 30.3. The Morgan fingerprint density at radius 1 is 1.17 bits per heavy atom. The Labute approximate surface area is 244 Å². The van der Waals surface area contributed by atoms with E-state index < -0.39 is 5.82 Å². The molecule has 0 atom stereocenters.